The Labute approximate surface area is 137 Å². The van der Waals surface area contributed by atoms with Crippen molar-refractivity contribution in [3.05, 3.63) is 59.7 Å². The van der Waals surface area contributed by atoms with Crippen LogP contribution in [0.2, 0.25) is 0 Å². The fourth-order valence-corrected chi connectivity index (χ4v) is 2.88. The molecule has 1 atom stereocenters. The number of amides is 3. The van der Waals surface area contributed by atoms with Gasteiger partial charge in [0.05, 0.1) is 12.2 Å². The Morgan fingerprint density at radius 3 is 2.50 bits per heavy atom. The van der Waals surface area contributed by atoms with Crippen LogP contribution in [0.3, 0.4) is 0 Å². The Morgan fingerprint density at radius 1 is 1.21 bits per heavy atom. The highest BCUT2D eigenvalue weighted by molar-refractivity contribution is 6.11. The average molecular weight is 329 g/mol. The molecule has 0 unspecified atom stereocenters. The molecule has 1 aromatic heterocycles. The molecule has 7 heteroatoms. The van der Waals surface area contributed by atoms with Crippen LogP contribution in [-0.4, -0.2) is 34.2 Å². The number of aromatic amines is 1. The number of benzene rings is 1. The van der Waals surface area contributed by atoms with Gasteiger partial charge >= 0.3 is 6.03 Å². The van der Waals surface area contributed by atoms with Gasteiger partial charge in [0, 0.05) is 6.20 Å². The van der Waals surface area contributed by atoms with Crippen LogP contribution in [0.5, 0.6) is 0 Å². The van der Waals surface area contributed by atoms with Crippen molar-refractivity contribution in [3.63, 3.8) is 0 Å². The summed E-state index contributed by atoms with van der Waals surface area (Å²) in [5.74, 6) is -1.31. The number of aromatic nitrogens is 1. The molecule has 3 rings (SSSR count). The topological polar surface area (TPSA) is 82.3 Å². The van der Waals surface area contributed by atoms with Gasteiger partial charge in [-0.1, -0.05) is 19.1 Å². The molecule has 0 radical (unpaired) electrons. The van der Waals surface area contributed by atoms with E-state index in [-0.39, 0.29) is 18.7 Å². The summed E-state index contributed by atoms with van der Waals surface area (Å²) in [7, 11) is 0. The highest BCUT2D eigenvalue weighted by Gasteiger charge is 2.51. The number of rotatable bonds is 5. The summed E-state index contributed by atoms with van der Waals surface area (Å²) in [6, 6.07) is 8.01. The normalized spacial score (nSPS) is 20.3. The predicted molar refractivity (Wildman–Crippen MR) is 83.7 cm³/mol. The Bertz CT molecular complexity index is 786. The monoisotopic (exact) mass is 329 g/mol. The third kappa shape index (κ3) is 2.47. The number of ketones is 1. The fourth-order valence-electron chi connectivity index (χ4n) is 2.88. The first-order valence-electron chi connectivity index (χ1n) is 7.54. The van der Waals surface area contributed by atoms with E-state index in [2.05, 4.69) is 10.3 Å². The van der Waals surface area contributed by atoms with Crippen molar-refractivity contribution < 1.29 is 18.8 Å². The molecule has 1 aliphatic heterocycles. The second kappa shape index (κ2) is 5.92. The standard InChI is InChI=1S/C17H16FN3O3/c1-2-17(11-5-7-12(18)8-6-11)15(23)21(16(24)20-17)10-14(22)13-4-3-9-19-13/h3-9,19H,2,10H2,1H3,(H,20,24)/t17-/m0/s1. The first-order chi connectivity index (χ1) is 11.5. The first-order valence-corrected chi connectivity index (χ1v) is 7.54. The number of urea groups is 1. The van der Waals surface area contributed by atoms with Crippen molar-refractivity contribution in [1.29, 1.82) is 0 Å². The lowest BCUT2D eigenvalue weighted by molar-refractivity contribution is -0.131. The lowest BCUT2D eigenvalue weighted by Crippen LogP contribution is -2.43. The molecule has 3 amide bonds. The molecule has 2 heterocycles. The summed E-state index contributed by atoms with van der Waals surface area (Å²) >= 11 is 0. The smallest absolute Gasteiger partial charge is 0.325 e. The number of hydrogen-bond acceptors (Lipinski definition) is 3. The van der Waals surface area contributed by atoms with E-state index in [1.165, 1.54) is 24.3 Å². The molecule has 0 bridgehead atoms. The minimum atomic E-state index is -1.28. The lowest BCUT2D eigenvalue weighted by Gasteiger charge is -2.25. The third-order valence-electron chi connectivity index (χ3n) is 4.24. The number of imide groups is 1. The molecule has 1 saturated heterocycles. The van der Waals surface area contributed by atoms with Gasteiger partial charge in [0.15, 0.2) is 5.78 Å². The maximum atomic E-state index is 13.2. The number of H-pyrrole nitrogens is 1. The first kappa shape index (κ1) is 15.9. The van der Waals surface area contributed by atoms with E-state index < -0.39 is 23.3 Å². The average Bonchev–Trinajstić information content (AvgIpc) is 3.19. The highest BCUT2D eigenvalue weighted by Crippen LogP contribution is 2.32. The molecular weight excluding hydrogens is 313 g/mol. The van der Waals surface area contributed by atoms with E-state index in [1.54, 1.807) is 25.3 Å². The maximum Gasteiger partial charge on any atom is 0.325 e. The molecule has 1 fully saturated rings. The molecule has 0 spiro atoms. The zero-order valence-corrected chi connectivity index (χ0v) is 13.0. The molecular formula is C17H16FN3O3. The number of carbonyl (C=O) groups excluding carboxylic acids is 3. The van der Waals surface area contributed by atoms with Crippen LogP contribution < -0.4 is 5.32 Å². The number of halogens is 1. The van der Waals surface area contributed by atoms with Gasteiger partial charge in [-0.25, -0.2) is 9.18 Å². The SMILES string of the molecule is CC[C@@]1(c2ccc(F)cc2)NC(=O)N(CC(=O)c2ccc[nH]2)C1=O. The van der Waals surface area contributed by atoms with Crippen molar-refractivity contribution in [2.75, 3.05) is 6.54 Å². The van der Waals surface area contributed by atoms with Gasteiger partial charge in [-0.15, -0.1) is 0 Å². The zero-order valence-electron chi connectivity index (χ0n) is 13.0. The second-order valence-electron chi connectivity index (χ2n) is 5.59. The van der Waals surface area contributed by atoms with E-state index in [9.17, 15) is 18.8 Å². The van der Waals surface area contributed by atoms with Crippen LogP contribution in [0.4, 0.5) is 9.18 Å². The van der Waals surface area contributed by atoms with Crippen LogP contribution in [-0.2, 0) is 10.3 Å². The van der Waals surface area contributed by atoms with Crippen molar-refractivity contribution in [2.45, 2.75) is 18.9 Å². The van der Waals surface area contributed by atoms with Crippen LogP contribution in [0.25, 0.3) is 0 Å². The van der Waals surface area contributed by atoms with Crippen LogP contribution in [0, 0.1) is 5.82 Å². The summed E-state index contributed by atoms with van der Waals surface area (Å²) in [5, 5.41) is 2.66. The van der Waals surface area contributed by atoms with Gasteiger partial charge in [0.25, 0.3) is 5.91 Å². The minimum absolute atomic E-state index is 0.288. The molecule has 0 aliphatic carbocycles. The summed E-state index contributed by atoms with van der Waals surface area (Å²) in [5.41, 5.74) is -0.466. The van der Waals surface area contributed by atoms with Crippen molar-refractivity contribution in [1.82, 2.24) is 15.2 Å². The molecule has 1 aliphatic rings. The van der Waals surface area contributed by atoms with Crippen LogP contribution >= 0.6 is 0 Å². The van der Waals surface area contributed by atoms with E-state index in [0.717, 1.165) is 4.90 Å². The van der Waals surface area contributed by atoms with E-state index in [4.69, 9.17) is 0 Å². The second-order valence-corrected chi connectivity index (χ2v) is 5.59. The van der Waals surface area contributed by atoms with Crippen LogP contribution in [0.15, 0.2) is 42.6 Å². The summed E-state index contributed by atoms with van der Waals surface area (Å²) in [6.45, 7) is 1.39. The predicted octanol–water partition coefficient (Wildman–Crippen LogP) is 2.19. The molecule has 2 aromatic rings. The molecule has 124 valence electrons. The minimum Gasteiger partial charge on any atom is -0.359 e. The summed E-state index contributed by atoms with van der Waals surface area (Å²) < 4.78 is 13.2. The number of nitrogens with one attached hydrogen (secondary N) is 2. The van der Waals surface area contributed by atoms with E-state index in [1.807, 2.05) is 0 Å². The van der Waals surface area contributed by atoms with Gasteiger partial charge < -0.3 is 10.3 Å². The summed E-state index contributed by atoms with van der Waals surface area (Å²) in [4.78, 5) is 40.9. The van der Waals surface area contributed by atoms with E-state index >= 15 is 0 Å². The van der Waals surface area contributed by atoms with Gasteiger partial charge in [-0.3, -0.25) is 14.5 Å². The number of carbonyl (C=O) groups is 3. The van der Waals surface area contributed by atoms with E-state index in [0.29, 0.717) is 11.3 Å². The maximum absolute atomic E-state index is 13.2. The molecule has 6 nitrogen and oxygen atoms in total. The zero-order chi connectivity index (χ0) is 17.3. The molecule has 0 saturated carbocycles. The Balaban J connectivity index is 1.89. The van der Waals surface area contributed by atoms with Crippen molar-refractivity contribution in [2.24, 2.45) is 0 Å². The number of Topliss-reactive ketones (excluding diaryl/α,β-unsaturated/α-hetero) is 1. The Hall–Kier alpha value is -2.96. The fraction of sp³-hybridized carbons (Fsp3) is 0.235. The van der Waals surface area contributed by atoms with Gasteiger partial charge in [0.1, 0.15) is 11.4 Å². The number of hydrogen-bond donors (Lipinski definition) is 2. The molecule has 24 heavy (non-hydrogen) atoms. The Morgan fingerprint density at radius 2 is 1.92 bits per heavy atom. The quantitative estimate of drug-likeness (QED) is 0.652. The molecule has 2 N–H and O–H groups in total. The molecule has 1 aromatic carbocycles. The van der Waals surface area contributed by atoms with Crippen molar-refractivity contribution in [3.8, 4) is 0 Å². The number of nitrogens with zero attached hydrogens (tertiary/aromatic N) is 1. The Kier molecular flexibility index (Phi) is 3.92. The summed E-state index contributed by atoms with van der Waals surface area (Å²) in [6.07, 6.45) is 1.88. The van der Waals surface area contributed by atoms with Crippen LogP contribution in [0.1, 0.15) is 29.4 Å². The van der Waals surface area contributed by atoms with Gasteiger partial charge in [-0.05, 0) is 36.2 Å². The third-order valence-corrected chi connectivity index (χ3v) is 4.24. The lowest BCUT2D eigenvalue weighted by atomic mass is 9.87. The largest absolute Gasteiger partial charge is 0.359 e. The van der Waals surface area contributed by atoms with Crippen molar-refractivity contribution >= 4 is 17.7 Å². The van der Waals surface area contributed by atoms with Gasteiger partial charge in [0.2, 0.25) is 0 Å². The highest BCUT2D eigenvalue weighted by atomic mass is 19.1. The van der Waals surface area contributed by atoms with Gasteiger partial charge in [-0.2, -0.15) is 0 Å².